The Balaban J connectivity index is 1.80. The van der Waals surface area contributed by atoms with Crippen molar-refractivity contribution in [1.82, 2.24) is 4.98 Å². The minimum atomic E-state index is -0.0448. The number of thiazole rings is 1. The van der Waals surface area contributed by atoms with Crippen molar-refractivity contribution in [2.24, 2.45) is 0 Å². The van der Waals surface area contributed by atoms with Gasteiger partial charge >= 0.3 is 0 Å². The lowest BCUT2D eigenvalue weighted by Crippen LogP contribution is -2.49. The molecule has 1 aromatic carbocycles. The first-order valence-corrected chi connectivity index (χ1v) is 7.92. The van der Waals surface area contributed by atoms with Crippen LogP contribution >= 0.6 is 11.3 Å². The lowest BCUT2D eigenvalue weighted by molar-refractivity contribution is -0.0441. The molecule has 106 valence electrons. The Morgan fingerprint density at radius 2 is 2.15 bits per heavy atom. The van der Waals surface area contributed by atoms with Gasteiger partial charge in [-0.25, -0.2) is 4.98 Å². The van der Waals surface area contributed by atoms with Gasteiger partial charge in [-0.15, -0.1) is 0 Å². The Bertz CT molecular complexity index is 569. The summed E-state index contributed by atoms with van der Waals surface area (Å²) in [7, 11) is 0. The lowest BCUT2D eigenvalue weighted by atomic mass is 10.0. The summed E-state index contributed by atoms with van der Waals surface area (Å²) < 4.78 is 5.89. The monoisotopic (exact) mass is 288 g/mol. The third kappa shape index (κ3) is 2.72. The summed E-state index contributed by atoms with van der Waals surface area (Å²) in [6, 6.07) is 10.4. The van der Waals surface area contributed by atoms with Gasteiger partial charge in [-0.2, -0.15) is 0 Å². The van der Waals surface area contributed by atoms with E-state index in [9.17, 15) is 0 Å². The molecule has 0 aliphatic carbocycles. The molecule has 1 fully saturated rings. The minimum absolute atomic E-state index is 0.0448. The second kappa shape index (κ2) is 5.54. The zero-order valence-electron chi connectivity index (χ0n) is 12.0. The Kier molecular flexibility index (Phi) is 3.76. The van der Waals surface area contributed by atoms with Crippen LogP contribution in [-0.2, 0) is 4.74 Å². The summed E-state index contributed by atoms with van der Waals surface area (Å²) >= 11 is 1.76. The van der Waals surface area contributed by atoms with E-state index in [1.807, 2.05) is 12.3 Å². The summed E-state index contributed by atoms with van der Waals surface area (Å²) in [5, 5.41) is 1.10. The van der Waals surface area contributed by atoms with Gasteiger partial charge in [-0.05, 0) is 18.9 Å². The summed E-state index contributed by atoms with van der Waals surface area (Å²) in [5.41, 5.74) is 1.19. The third-order valence-electron chi connectivity index (χ3n) is 3.91. The first kappa shape index (κ1) is 13.6. The maximum absolute atomic E-state index is 5.89. The highest BCUT2D eigenvalue weighted by Crippen LogP contribution is 2.33. The van der Waals surface area contributed by atoms with E-state index in [-0.39, 0.29) is 5.60 Å². The van der Waals surface area contributed by atoms with Gasteiger partial charge in [0.1, 0.15) is 0 Å². The van der Waals surface area contributed by atoms with Gasteiger partial charge in [0, 0.05) is 19.3 Å². The molecule has 1 atom stereocenters. The van der Waals surface area contributed by atoms with Crippen LogP contribution in [0.25, 0.3) is 10.4 Å². The summed E-state index contributed by atoms with van der Waals surface area (Å²) in [6.45, 7) is 7.00. The van der Waals surface area contributed by atoms with Crippen LogP contribution in [0.15, 0.2) is 36.5 Å². The fourth-order valence-electron chi connectivity index (χ4n) is 2.45. The van der Waals surface area contributed by atoms with Gasteiger partial charge in [0.15, 0.2) is 5.13 Å². The molecule has 4 heteroatoms. The van der Waals surface area contributed by atoms with Crippen LogP contribution in [0.5, 0.6) is 0 Å². The van der Waals surface area contributed by atoms with Gasteiger partial charge in [-0.3, -0.25) is 0 Å². The lowest BCUT2D eigenvalue weighted by Gasteiger charge is -2.39. The number of benzene rings is 1. The second-order valence-corrected chi connectivity index (χ2v) is 6.46. The largest absolute Gasteiger partial charge is 0.372 e. The Morgan fingerprint density at radius 3 is 2.90 bits per heavy atom. The average Bonchev–Trinajstić information content (AvgIpc) is 2.98. The van der Waals surface area contributed by atoms with Crippen molar-refractivity contribution in [1.29, 1.82) is 0 Å². The molecule has 1 aromatic heterocycles. The summed E-state index contributed by atoms with van der Waals surface area (Å²) in [6.07, 6.45) is 3.01. The normalized spacial score (nSPS) is 23.0. The molecule has 1 aliphatic heterocycles. The van der Waals surface area contributed by atoms with E-state index in [1.165, 1.54) is 10.4 Å². The molecule has 3 nitrogen and oxygen atoms in total. The van der Waals surface area contributed by atoms with Gasteiger partial charge in [0.25, 0.3) is 0 Å². The molecule has 1 saturated heterocycles. The molecule has 20 heavy (non-hydrogen) atoms. The van der Waals surface area contributed by atoms with E-state index in [0.29, 0.717) is 0 Å². The van der Waals surface area contributed by atoms with Crippen LogP contribution in [0.4, 0.5) is 5.13 Å². The molecule has 0 spiro atoms. The van der Waals surface area contributed by atoms with Crippen molar-refractivity contribution < 1.29 is 4.74 Å². The SMILES string of the molecule is CCC1(C)CN(c2ncc(-c3ccccc3)s2)CCO1. The molecule has 0 bridgehead atoms. The van der Waals surface area contributed by atoms with Crippen molar-refractivity contribution in [2.45, 2.75) is 25.9 Å². The van der Waals surface area contributed by atoms with Crippen LogP contribution in [0.2, 0.25) is 0 Å². The molecule has 1 aliphatic rings. The number of morpholine rings is 1. The van der Waals surface area contributed by atoms with E-state index in [4.69, 9.17) is 4.74 Å². The fraction of sp³-hybridized carbons (Fsp3) is 0.438. The summed E-state index contributed by atoms with van der Waals surface area (Å²) in [4.78, 5) is 8.18. The molecule has 2 heterocycles. The first-order valence-electron chi connectivity index (χ1n) is 7.10. The van der Waals surface area contributed by atoms with Crippen LogP contribution in [0, 0.1) is 0 Å². The standard InChI is InChI=1S/C16H20N2OS/c1-3-16(2)12-18(9-10-19-16)15-17-11-14(20-15)13-7-5-4-6-8-13/h4-8,11H,3,9-10,12H2,1-2H3. The van der Waals surface area contributed by atoms with Crippen molar-refractivity contribution >= 4 is 16.5 Å². The van der Waals surface area contributed by atoms with Crippen molar-refractivity contribution in [3.63, 3.8) is 0 Å². The van der Waals surface area contributed by atoms with Crippen molar-refractivity contribution in [3.05, 3.63) is 36.5 Å². The topological polar surface area (TPSA) is 25.4 Å². The number of hydrogen-bond donors (Lipinski definition) is 0. The van der Waals surface area contributed by atoms with E-state index in [2.05, 4.69) is 48.0 Å². The Labute approximate surface area is 124 Å². The van der Waals surface area contributed by atoms with Crippen LogP contribution in [0.3, 0.4) is 0 Å². The highest BCUT2D eigenvalue weighted by molar-refractivity contribution is 7.18. The highest BCUT2D eigenvalue weighted by atomic mass is 32.1. The first-order chi connectivity index (χ1) is 9.70. The molecule has 2 aromatic rings. The Hall–Kier alpha value is -1.39. The van der Waals surface area contributed by atoms with Crippen LogP contribution in [-0.4, -0.2) is 30.3 Å². The van der Waals surface area contributed by atoms with Gasteiger partial charge in [-0.1, -0.05) is 48.6 Å². The number of rotatable bonds is 3. The minimum Gasteiger partial charge on any atom is -0.372 e. The highest BCUT2D eigenvalue weighted by Gasteiger charge is 2.31. The summed E-state index contributed by atoms with van der Waals surface area (Å²) in [5.74, 6) is 0. The van der Waals surface area contributed by atoms with Gasteiger partial charge in [0.05, 0.1) is 17.1 Å². The number of hydrogen-bond acceptors (Lipinski definition) is 4. The van der Waals surface area contributed by atoms with E-state index >= 15 is 0 Å². The number of aromatic nitrogens is 1. The molecule has 0 radical (unpaired) electrons. The van der Waals surface area contributed by atoms with Crippen LogP contribution < -0.4 is 4.90 Å². The molecule has 0 amide bonds. The fourth-order valence-corrected chi connectivity index (χ4v) is 3.40. The molecule has 0 N–H and O–H groups in total. The number of anilines is 1. The Morgan fingerprint density at radius 1 is 1.35 bits per heavy atom. The second-order valence-electron chi connectivity index (χ2n) is 5.45. The van der Waals surface area contributed by atoms with E-state index in [1.54, 1.807) is 11.3 Å². The van der Waals surface area contributed by atoms with Gasteiger partial charge in [0.2, 0.25) is 0 Å². The predicted octanol–water partition coefficient (Wildman–Crippen LogP) is 3.82. The third-order valence-corrected chi connectivity index (χ3v) is 5.01. The van der Waals surface area contributed by atoms with Crippen molar-refractivity contribution in [3.8, 4) is 10.4 Å². The predicted molar refractivity (Wildman–Crippen MR) is 84.4 cm³/mol. The van der Waals surface area contributed by atoms with E-state index in [0.717, 1.165) is 31.2 Å². The number of nitrogens with zero attached hydrogens (tertiary/aromatic N) is 2. The van der Waals surface area contributed by atoms with Gasteiger partial charge < -0.3 is 9.64 Å². The maximum atomic E-state index is 5.89. The maximum Gasteiger partial charge on any atom is 0.186 e. The molecule has 1 unspecified atom stereocenters. The van der Waals surface area contributed by atoms with E-state index < -0.39 is 0 Å². The molecular formula is C16H20N2OS. The zero-order valence-corrected chi connectivity index (χ0v) is 12.8. The van der Waals surface area contributed by atoms with Crippen molar-refractivity contribution in [2.75, 3.05) is 24.6 Å². The number of ether oxygens (including phenoxy) is 1. The quantitative estimate of drug-likeness (QED) is 0.858. The van der Waals surface area contributed by atoms with Crippen LogP contribution in [0.1, 0.15) is 20.3 Å². The smallest absolute Gasteiger partial charge is 0.186 e. The molecule has 0 saturated carbocycles. The molecular weight excluding hydrogens is 268 g/mol. The zero-order chi connectivity index (χ0) is 14.0. The molecule has 3 rings (SSSR count). The average molecular weight is 288 g/mol.